The number of benzene rings is 2. The number of phenols is 2. The summed E-state index contributed by atoms with van der Waals surface area (Å²) < 4.78 is 39.9. The Labute approximate surface area is 136 Å². The molecule has 1 unspecified atom stereocenters. The Kier molecular flexibility index (Phi) is 3.82. The Balaban J connectivity index is 1.88. The summed E-state index contributed by atoms with van der Waals surface area (Å²) in [6.45, 7) is 0. The third-order valence-corrected chi connectivity index (χ3v) is 3.84. The lowest BCUT2D eigenvalue weighted by molar-refractivity contribution is 0.0845. The minimum Gasteiger partial charge on any atom is -0.508 e. The highest BCUT2D eigenvalue weighted by Gasteiger charge is 2.30. The van der Waals surface area contributed by atoms with Crippen LogP contribution in [0.25, 0.3) is 0 Å². The van der Waals surface area contributed by atoms with Gasteiger partial charge in [0.15, 0.2) is 5.78 Å². The summed E-state index contributed by atoms with van der Waals surface area (Å²) in [4.78, 5) is 12.2. The van der Waals surface area contributed by atoms with Gasteiger partial charge in [0.05, 0.1) is 6.42 Å². The van der Waals surface area contributed by atoms with Crippen LogP contribution in [-0.4, -0.2) is 29.0 Å². The van der Waals surface area contributed by atoms with E-state index in [0.29, 0.717) is 5.56 Å². The zero-order chi connectivity index (χ0) is 17.5. The Morgan fingerprint density at radius 1 is 1.12 bits per heavy atom. The van der Waals surface area contributed by atoms with Gasteiger partial charge in [0.2, 0.25) is 0 Å². The summed E-state index contributed by atoms with van der Waals surface area (Å²) in [5.41, 5.74) is 0.565. The number of carbonyl (C=O) groups is 1. The van der Waals surface area contributed by atoms with Crippen molar-refractivity contribution in [2.75, 3.05) is 0 Å². The van der Waals surface area contributed by atoms with Crippen LogP contribution in [0.1, 0.15) is 28.4 Å². The first-order chi connectivity index (χ1) is 11.2. The molecule has 0 saturated carbocycles. The lowest BCUT2D eigenvalue weighted by atomic mass is 9.95. The van der Waals surface area contributed by atoms with Crippen molar-refractivity contribution in [3.05, 3.63) is 47.5 Å². The molecular weight excluding hydrogens is 340 g/mol. The molecule has 2 aromatic carbocycles. The van der Waals surface area contributed by atoms with Crippen molar-refractivity contribution in [3.63, 3.8) is 0 Å². The van der Waals surface area contributed by atoms with Gasteiger partial charge in [0.25, 0.3) is 0 Å². The van der Waals surface area contributed by atoms with Crippen LogP contribution in [0.3, 0.4) is 0 Å². The molecule has 1 aliphatic heterocycles. The van der Waals surface area contributed by atoms with Gasteiger partial charge in [-0.1, -0.05) is 12.1 Å². The summed E-state index contributed by atoms with van der Waals surface area (Å²) in [6.07, 6.45) is -0.713. The predicted molar refractivity (Wildman–Crippen MR) is 80.7 cm³/mol. The molecule has 2 aromatic rings. The Morgan fingerprint density at radius 3 is 2.42 bits per heavy atom. The van der Waals surface area contributed by atoms with Gasteiger partial charge in [-0.3, -0.25) is 9.35 Å². The van der Waals surface area contributed by atoms with E-state index in [2.05, 4.69) is 4.18 Å². The van der Waals surface area contributed by atoms with Crippen molar-refractivity contribution in [2.45, 2.75) is 12.5 Å². The minimum absolute atomic E-state index is 0.00961. The molecule has 0 amide bonds. The molecule has 1 aliphatic rings. The molecule has 126 valence electrons. The fraction of sp³-hybridized carbons (Fsp3) is 0.133. The normalized spacial score (nSPS) is 17.0. The number of ketones is 1. The average molecular weight is 352 g/mol. The second-order valence-electron chi connectivity index (χ2n) is 5.15. The van der Waals surface area contributed by atoms with E-state index in [1.54, 1.807) is 0 Å². The van der Waals surface area contributed by atoms with E-state index in [1.165, 1.54) is 30.3 Å². The van der Waals surface area contributed by atoms with E-state index < -0.39 is 16.5 Å². The maximum absolute atomic E-state index is 12.2. The number of ether oxygens (including phenoxy) is 1. The average Bonchev–Trinajstić information content (AvgIpc) is 2.45. The fourth-order valence-electron chi connectivity index (χ4n) is 2.47. The summed E-state index contributed by atoms with van der Waals surface area (Å²) in [7, 11) is -4.61. The van der Waals surface area contributed by atoms with E-state index in [0.717, 1.165) is 6.07 Å². The van der Waals surface area contributed by atoms with Crippen LogP contribution in [-0.2, 0) is 10.4 Å². The molecule has 9 heteroatoms. The fourth-order valence-corrected chi connectivity index (χ4v) is 2.83. The quantitative estimate of drug-likeness (QED) is 0.715. The van der Waals surface area contributed by atoms with E-state index in [9.17, 15) is 23.4 Å². The van der Waals surface area contributed by atoms with Crippen LogP contribution in [0.2, 0.25) is 0 Å². The van der Waals surface area contributed by atoms with Crippen molar-refractivity contribution in [2.24, 2.45) is 0 Å². The molecule has 0 bridgehead atoms. The molecule has 24 heavy (non-hydrogen) atoms. The van der Waals surface area contributed by atoms with Gasteiger partial charge in [-0.05, 0) is 17.7 Å². The van der Waals surface area contributed by atoms with Crippen molar-refractivity contribution in [1.82, 2.24) is 0 Å². The molecule has 0 fully saturated rings. The first-order valence-corrected chi connectivity index (χ1v) is 8.12. The Bertz CT molecular complexity index is 902. The van der Waals surface area contributed by atoms with Gasteiger partial charge in [0.1, 0.15) is 34.7 Å². The molecule has 0 saturated heterocycles. The maximum Gasteiger partial charge on any atom is 0.446 e. The highest BCUT2D eigenvalue weighted by Crippen LogP contribution is 2.41. The van der Waals surface area contributed by atoms with Gasteiger partial charge in [-0.25, -0.2) is 0 Å². The largest absolute Gasteiger partial charge is 0.508 e. The maximum atomic E-state index is 12.2. The zero-order valence-corrected chi connectivity index (χ0v) is 12.9. The van der Waals surface area contributed by atoms with Gasteiger partial charge in [-0.2, -0.15) is 8.42 Å². The Hall–Kier alpha value is -2.78. The molecular formula is C15H12O8S. The third-order valence-electron chi connectivity index (χ3n) is 3.44. The van der Waals surface area contributed by atoms with Crippen molar-refractivity contribution in [1.29, 1.82) is 0 Å². The molecule has 0 aliphatic carbocycles. The molecule has 3 rings (SSSR count). The van der Waals surface area contributed by atoms with Crippen LogP contribution in [0.15, 0.2) is 36.4 Å². The number of phenolic OH excluding ortho intramolecular Hbond substituents is 2. The topological polar surface area (TPSA) is 130 Å². The molecule has 0 aromatic heterocycles. The first-order valence-electron chi connectivity index (χ1n) is 6.75. The van der Waals surface area contributed by atoms with Crippen LogP contribution in [0.4, 0.5) is 0 Å². The summed E-state index contributed by atoms with van der Waals surface area (Å²) in [5, 5.41) is 19.3. The number of hydrogen-bond acceptors (Lipinski definition) is 7. The monoisotopic (exact) mass is 352 g/mol. The third kappa shape index (κ3) is 3.26. The lowest BCUT2D eigenvalue weighted by Gasteiger charge is -2.26. The van der Waals surface area contributed by atoms with E-state index in [1.807, 2.05) is 0 Å². The van der Waals surface area contributed by atoms with Crippen molar-refractivity contribution < 1.29 is 36.9 Å². The summed E-state index contributed by atoms with van der Waals surface area (Å²) in [5.74, 6) is -0.981. The highest BCUT2D eigenvalue weighted by atomic mass is 32.3. The van der Waals surface area contributed by atoms with Gasteiger partial charge >= 0.3 is 10.4 Å². The first kappa shape index (κ1) is 16.1. The smallest absolute Gasteiger partial charge is 0.446 e. The number of Topliss-reactive ketones (excluding diaryl/α,β-unsaturated/α-hetero) is 1. The molecule has 1 atom stereocenters. The summed E-state index contributed by atoms with van der Waals surface area (Å²) in [6, 6.07) is 7.84. The van der Waals surface area contributed by atoms with Crippen LogP contribution < -0.4 is 8.92 Å². The minimum atomic E-state index is -4.61. The van der Waals surface area contributed by atoms with Gasteiger partial charge < -0.3 is 19.1 Å². The van der Waals surface area contributed by atoms with Crippen molar-refractivity contribution in [3.8, 4) is 23.0 Å². The second kappa shape index (κ2) is 5.69. The number of rotatable bonds is 3. The number of carbonyl (C=O) groups excluding carboxylic acids is 1. The standard InChI is InChI=1S/C15H12O8S/c16-9-5-11(17)15-12(18)7-13(22-14(15)6-9)8-1-3-10(4-2-8)23-24(19,20)21/h1-6,13,16-17H,7H2,(H,19,20,21). The number of fused-ring (bicyclic) bond motifs is 1. The summed E-state index contributed by atoms with van der Waals surface area (Å²) >= 11 is 0. The van der Waals surface area contributed by atoms with Crippen LogP contribution in [0.5, 0.6) is 23.0 Å². The molecule has 0 radical (unpaired) electrons. The second-order valence-corrected chi connectivity index (χ2v) is 6.17. The SMILES string of the molecule is O=C1CC(c2ccc(OS(=O)(=O)O)cc2)Oc2cc(O)cc(O)c21. The molecule has 3 N–H and O–H groups in total. The van der Waals surface area contributed by atoms with E-state index >= 15 is 0 Å². The van der Waals surface area contributed by atoms with E-state index in [-0.39, 0.29) is 40.8 Å². The molecule has 1 heterocycles. The van der Waals surface area contributed by atoms with Gasteiger partial charge in [0, 0.05) is 12.1 Å². The van der Waals surface area contributed by atoms with E-state index in [4.69, 9.17) is 9.29 Å². The molecule has 0 spiro atoms. The lowest BCUT2D eigenvalue weighted by Crippen LogP contribution is -2.20. The number of hydrogen-bond donors (Lipinski definition) is 3. The van der Waals surface area contributed by atoms with Crippen LogP contribution >= 0.6 is 0 Å². The Morgan fingerprint density at radius 2 is 1.79 bits per heavy atom. The molecule has 8 nitrogen and oxygen atoms in total. The van der Waals surface area contributed by atoms with Crippen molar-refractivity contribution >= 4 is 16.2 Å². The number of aromatic hydroxyl groups is 2. The highest BCUT2D eigenvalue weighted by molar-refractivity contribution is 7.81. The predicted octanol–water partition coefficient (Wildman–Crippen LogP) is 1.99. The van der Waals surface area contributed by atoms with Crippen LogP contribution in [0, 0.1) is 0 Å². The van der Waals surface area contributed by atoms with Gasteiger partial charge in [-0.15, -0.1) is 0 Å². The zero-order valence-electron chi connectivity index (χ0n) is 12.0.